The highest BCUT2D eigenvalue weighted by molar-refractivity contribution is 5.72. The molecule has 0 aromatic heterocycles. The van der Waals surface area contributed by atoms with Crippen LogP contribution in [0.15, 0.2) is 0 Å². The largest absolute Gasteiger partial charge is 0.461 e. The van der Waals surface area contributed by atoms with E-state index in [1.807, 2.05) is 194 Å². The van der Waals surface area contributed by atoms with Crippen molar-refractivity contribution in [3.63, 3.8) is 0 Å². The summed E-state index contributed by atoms with van der Waals surface area (Å²) < 4.78 is 165. The molecule has 858 valence electrons. The van der Waals surface area contributed by atoms with Gasteiger partial charge in [-0.2, -0.15) is 0 Å². The molecule has 32 heteroatoms. The lowest BCUT2D eigenvalue weighted by atomic mass is 9.82. The van der Waals surface area contributed by atoms with Gasteiger partial charge in [0.1, 0.15) is 102 Å². The van der Waals surface area contributed by atoms with E-state index in [1.165, 1.54) is 0 Å². The first kappa shape index (κ1) is 172. The second-order valence-corrected chi connectivity index (χ2v) is 39.6. The molecule has 32 nitrogen and oxygen atoms in total. The van der Waals surface area contributed by atoms with Gasteiger partial charge in [0.15, 0.2) is 0 Å². The molecule has 0 aliphatic heterocycles. The fourth-order valence-electron chi connectivity index (χ4n) is 9.34. The first-order valence-corrected chi connectivity index (χ1v) is 45.4. The molecule has 0 radical (unpaired) electrons. The Hall–Kier alpha value is -3.08. The maximum absolute atomic E-state index is 12.2. The molecule has 0 saturated carbocycles. The average Bonchev–Trinajstić information content (AvgIpc) is 0.865. The molecular weight excluding hydrogens is 1800 g/mol. The highest BCUT2D eigenvalue weighted by atomic mass is 16.7. The van der Waals surface area contributed by atoms with Crippen molar-refractivity contribution >= 4 is 23.9 Å². The summed E-state index contributed by atoms with van der Waals surface area (Å²) in [6.07, 6.45) is -0.541. The zero-order valence-corrected chi connectivity index (χ0v) is 84.0. The molecule has 0 N–H and O–H groups in total. The highest BCUT2D eigenvalue weighted by Crippen LogP contribution is 2.29. The molecule has 0 rings (SSSR count). The highest BCUT2D eigenvalue weighted by Gasteiger charge is 2.33. The molecule has 0 unspecified atom stereocenters. The summed E-state index contributed by atoms with van der Waals surface area (Å²) in [5.74, 6) is -2.63. The molecule has 0 saturated heterocycles. The van der Waals surface area contributed by atoms with Crippen molar-refractivity contribution < 1.29 is 152 Å². The molecule has 139 heavy (non-hydrogen) atoms. The maximum Gasteiger partial charge on any atom is 0.332 e. The van der Waals surface area contributed by atoms with E-state index >= 15 is 0 Å². The van der Waals surface area contributed by atoms with Crippen molar-refractivity contribution in [3.05, 3.63) is 0 Å². The van der Waals surface area contributed by atoms with Gasteiger partial charge in [-0.1, -0.05) is 152 Å². The van der Waals surface area contributed by atoms with E-state index in [9.17, 15) is 19.2 Å². The zero-order chi connectivity index (χ0) is 95.1. The molecule has 0 heterocycles. The van der Waals surface area contributed by atoms with Gasteiger partial charge >= 0.3 is 23.9 Å². The van der Waals surface area contributed by atoms with E-state index in [0.717, 1.165) is 25.7 Å². The lowest BCUT2D eigenvalue weighted by Gasteiger charge is -2.35. The number of hydrogen-bond acceptors (Lipinski definition) is 32. The summed E-state index contributed by atoms with van der Waals surface area (Å²) in [4.78, 5) is 48.9. The second kappa shape index (κ2) is 97.0. The Balaban J connectivity index is -0.000000145. The Bertz CT molecular complexity index is 2190. The number of rotatable bonds is 75. The lowest BCUT2D eigenvalue weighted by molar-refractivity contribution is -0.171. The molecule has 0 bridgehead atoms. The van der Waals surface area contributed by atoms with E-state index in [0.29, 0.717) is 119 Å². The number of carbonyl (C=O) groups is 4. The van der Waals surface area contributed by atoms with Gasteiger partial charge in [-0.15, -0.1) is 0 Å². The third kappa shape index (κ3) is 122. The maximum atomic E-state index is 12.2. The predicted molar refractivity (Wildman–Crippen MR) is 572 cm³/mol. The second-order valence-electron chi connectivity index (χ2n) is 39.6. The molecule has 0 amide bonds. The number of ether oxygens (including phenoxy) is 28. The van der Waals surface area contributed by atoms with E-state index in [2.05, 4.69) is 20.8 Å². The Morgan fingerprint density at radius 1 is 0.173 bits per heavy atom. The normalized spacial score (nSPS) is 11.9. The molecule has 0 aromatic rings. The minimum absolute atomic E-state index is 0. The summed E-state index contributed by atoms with van der Waals surface area (Å²) in [7, 11) is 0. The van der Waals surface area contributed by atoms with Crippen LogP contribution in [0.3, 0.4) is 0 Å². The van der Waals surface area contributed by atoms with Gasteiger partial charge in [0, 0.05) is 32.3 Å². The van der Waals surface area contributed by atoms with Gasteiger partial charge in [0.05, 0.1) is 203 Å². The van der Waals surface area contributed by atoms with Crippen LogP contribution in [0.2, 0.25) is 0 Å². The van der Waals surface area contributed by atoms with Crippen LogP contribution in [-0.2, 0) is 152 Å². The average molecular weight is 2040 g/mol. The number of esters is 4. The van der Waals surface area contributed by atoms with Crippen molar-refractivity contribution in [1.82, 2.24) is 0 Å². The van der Waals surface area contributed by atoms with Gasteiger partial charge in [-0.25, -0.2) is 19.2 Å². The van der Waals surface area contributed by atoms with Crippen molar-refractivity contribution in [1.29, 1.82) is 0 Å². The van der Waals surface area contributed by atoms with Crippen LogP contribution in [0, 0.1) is 11.3 Å². The minimum atomic E-state index is -0.867. The Kier molecular flexibility index (Phi) is 120. The molecule has 0 aliphatic rings. The van der Waals surface area contributed by atoms with Crippen molar-refractivity contribution in [3.8, 4) is 0 Å². The van der Waals surface area contributed by atoms with Gasteiger partial charge in [0.25, 0.3) is 0 Å². The van der Waals surface area contributed by atoms with Crippen molar-refractivity contribution in [2.24, 2.45) is 11.3 Å². The molecule has 0 atom stereocenters. The Labute approximate surface area is 858 Å². The van der Waals surface area contributed by atoms with Gasteiger partial charge in [-0.3, -0.25) is 0 Å². The fraction of sp³-hybridized carbons (Fsp3) is 0.963. The van der Waals surface area contributed by atoms with Crippen LogP contribution >= 0.6 is 0 Å². The molecule has 0 spiro atoms. The topological polar surface area (TPSA) is 327 Å². The lowest BCUT2D eigenvalue weighted by Crippen LogP contribution is -2.41. The van der Waals surface area contributed by atoms with Crippen molar-refractivity contribution in [2.75, 3.05) is 238 Å². The number of hydrogen-bond donors (Lipinski definition) is 0. The molecular formula is C107H238O32. The van der Waals surface area contributed by atoms with E-state index in [-0.39, 0.29) is 303 Å². The fourth-order valence-corrected chi connectivity index (χ4v) is 9.34. The van der Waals surface area contributed by atoms with Gasteiger partial charge in [0.2, 0.25) is 0 Å². The first-order valence-electron chi connectivity index (χ1n) is 45.4. The van der Waals surface area contributed by atoms with Gasteiger partial charge in [-0.05, 0) is 197 Å². The summed E-state index contributed by atoms with van der Waals surface area (Å²) in [5, 5.41) is 0. The van der Waals surface area contributed by atoms with Gasteiger partial charge < -0.3 is 133 Å². The SMILES string of the molecule is C.C.C.C.C.C.C.C.C.C.C.C.C.C.CC(C)(C)OCC(COC(C)(C)C)OCC(COC(COC(C)(C)C)COC(C)(C)C)OCC(COC(COC(COC(C)(C)C)COC(C)(C)C)COC(COC(C)(C)C)COC(C)(C)C)C(C)(C)C.CCCOCCOCC(=O)OCC(COC(=O)COCCOCCC)OCCOC(COC(=O)COCCOCCC)COC(=O)COCCOCCC. The zero-order valence-electron chi connectivity index (χ0n) is 84.0. The van der Waals surface area contributed by atoms with Crippen LogP contribution < -0.4 is 0 Å². The van der Waals surface area contributed by atoms with Crippen LogP contribution in [0.5, 0.6) is 0 Å². The quantitative estimate of drug-likeness (QED) is 0.0310. The third-order valence-corrected chi connectivity index (χ3v) is 16.3. The smallest absolute Gasteiger partial charge is 0.332 e. The predicted octanol–water partition coefficient (Wildman–Crippen LogP) is 22.1. The molecule has 0 aromatic carbocycles. The van der Waals surface area contributed by atoms with E-state index in [4.69, 9.17) is 133 Å². The first-order chi connectivity index (χ1) is 58.1. The monoisotopic (exact) mass is 2040 g/mol. The van der Waals surface area contributed by atoms with Crippen LogP contribution in [0.4, 0.5) is 0 Å². The number of carbonyl (C=O) groups excluding carboxylic acids is 4. The van der Waals surface area contributed by atoms with E-state index in [1.54, 1.807) is 0 Å². The summed E-state index contributed by atoms with van der Waals surface area (Å²) in [6, 6.07) is 0. The molecule has 0 fully saturated rings. The Morgan fingerprint density at radius 3 is 0.468 bits per heavy atom. The third-order valence-electron chi connectivity index (χ3n) is 16.3. The summed E-state index contributed by atoms with van der Waals surface area (Å²) in [5.41, 5.74) is -3.06. The van der Waals surface area contributed by atoms with Crippen molar-refractivity contribution in [2.45, 2.75) is 438 Å². The van der Waals surface area contributed by atoms with Crippen LogP contribution in [0.25, 0.3) is 0 Å². The van der Waals surface area contributed by atoms with Crippen LogP contribution in [0.1, 0.15) is 344 Å². The summed E-state index contributed by atoms with van der Waals surface area (Å²) >= 11 is 0. The minimum Gasteiger partial charge on any atom is -0.461 e. The molecule has 0 aliphatic carbocycles. The summed E-state index contributed by atoms with van der Waals surface area (Å²) in [6.45, 7) is 70.3. The van der Waals surface area contributed by atoms with E-state index < -0.39 is 48.3 Å². The van der Waals surface area contributed by atoms with Crippen LogP contribution in [-0.4, -0.2) is 355 Å². The Morgan fingerprint density at radius 2 is 0.317 bits per heavy atom. The standard InChI is InChI=1S/C57H116O14.C36H66O18.14CH4/c1-49(2,3)42(28-58-43(30-60-45(34-64-50(4,5)6)35-65-51(7,8)9)31-61-46(36-66-52(10,11)12)37-67-53(13,14)15)29-59-44(32-62-47(38-68-54(16,17)18)39-69-55(19,20)21)33-63-48(40-70-56(22,23)24)41-71-57(25,26)27;1-5-9-41-13-17-45-27-33(37)51-23-31(24-52-34(38)28-46-18-14-42-10-6-2)49-21-22-50-32(25-53-35(39)29-47-19-15-43-11-7-3)26-54-36(40)30-48-20-16-44-12-8-4;;;;;;;;;;;;;;/h42-48H,28-41H2,1-27H3;31-32H,5-30H2,1-4H3;14*1H4.